The highest BCUT2D eigenvalue weighted by Gasteiger charge is 2.30. The molecule has 0 saturated heterocycles. The second kappa shape index (κ2) is 5.65. The molecule has 1 aliphatic carbocycles. The maximum absolute atomic E-state index is 14.2. The average Bonchev–Trinajstić information content (AvgIpc) is 2.92. The predicted molar refractivity (Wildman–Crippen MR) is 86.9 cm³/mol. The van der Waals surface area contributed by atoms with Gasteiger partial charge >= 0.3 is 5.97 Å². The molecule has 0 radical (unpaired) electrons. The minimum Gasteiger partial charge on any atom is -0.481 e. The van der Waals surface area contributed by atoms with Gasteiger partial charge in [-0.3, -0.25) is 4.79 Å². The molecule has 0 spiro atoms. The van der Waals surface area contributed by atoms with E-state index >= 15 is 0 Å². The van der Waals surface area contributed by atoms with Crippen LogP contribution in [-0.4, -0.2) is 16.1 Å². The number of aliphatic carboxylic acids is 1. The summed E-state index contributed by atoms with van der Waals surface area (Å²) in [5.74, 6) is -2.97. The van der Waals surface area contributed by atoms with Gasteiger partial charge in [-0.1, -0.05) is 0 Å². The van der Waals surface area contributed by atoms with Gasteiger partial charge in [0.2, 0.25) is 0 Å². The van der Waals surface area contributed by atoms with Crippen LogP contribution < -0.4 is 0 Å². The molecular weight excluding hydrogens is 331 g/mol. The van der Waals surface area contributed by atoms with Crippen molar-refractivity contribution in [2.45, 2.75) is 25.2 Å². The highest BCUT2D eigenvalue weighted by Crippen LogP contribution is 2.45. The van der Waals surface area contributed by atoms with E-state index in [2.05, 4.69) is 4.98 Å². The number of carboxylic acids is 1. The van der Waals surface area contributed by atoms with Gasteiger partial charge in [0, 0.05) is 23.4 Å². The number of aromatic nitrogens is 1. The molecule has 0 saturated carbocycles. The predicted octanol–water partition coefficient (Wildman–Crippen LogP) is 4.76. The Bertz CT molecular complexity index is 1010. The van der Waals surface area contributed by atoms with E-state index in [9.17, 15) is 18.0 Å². The van der Waals surface area contributed by atoms with Gasteiger partial charge < -0.3 is 10.1 Å². The minimum absolute atomic E-state index is 0.0702. The van der Waals surface area contributed by atoms with Crippen molar-refractivity contribution in [2.75, 3.05) is 0 Å². The number of nitrogens with one attached hydrogen (secondary N) is 1. The lowest BCUT2D eigenvalue weighted by Crippen LogP contribution is -2.12. The van der Waals surface area contributed by atoms with E-state index in [0.29, 0.717) is 29.5 Å². The fourth-order valence-electron chi connectivity index (χ4n) is 3.76. The molecule has 0 bridgehead atoms. The first-order valence-electron chi connectivity index (χ1n) is 7.95. The zero-order chi connectivity index (χ0) is 17.7. The van der Waals surface area contributed by atoms with Crippen molar-refractivity contribution in [1.82, 2.24) is 4.98 Å². The lowest BCUT2D eigenvalue weighted by atomic mass is 9.79. The van der Waals surface area contributed by atoms with Crippen LogP contribution in [0.5, 0.6) is 0 Å². The van der Waals surface area contributed by atoms with Gasteiger partial charge in [0.25, 0.3) is 0 Å². The molecule has 2 N–H and O–H groups in total. The van der Waals surface area contributed by atoms with E-state index in [0.717, 1.165) is 17.2 Å². The zero-order valence-electron chi connectivity index (χ0n) is 13.1. The van der Waals surface area contributed by atoms with Crippen LogP contribution in [0.15, 0.2) is 30.3 Å². The maximum Gasteiger partial charge on any atom is 0.303 e. The molecular formula is C19H14F3NO2. The second-order valence-corrected chi connectivity index (χ2v) is 6.36. The minimum atomic E-state index is -0.941. The van der Waals surface area contributed by atoms with Crippen molar-refractivity contribution in [2.24, 2.45) is 0 Å². The van der Waals surface area contributed by atoms with Crippen molar-refractivity contribution < 1.29 is 23.1 Å². The summed E-state index contributed by atoms with van der Waals surface area (Å²) in [6.45, 7) is 0. The summed E-state index contributed by atoms with van der Waals surface area (Å²) >= 11 is 0. The number of carbonyl (C=O) groups is 1. The summed E-state index contributed by atoms with van der Waals surface area (Å²) in [6.07, 6.45) is 0.668. The van der Waals surface area contributed by atoms with Gasteiger partial charge in [0.15, 0.2) is 0 Å². The molecule has 1 atom stereocenters. The van der Waals surface area contributed by atoms with Crippen molar-refractivity contribution in [1.29, 1.82) is 0 Å². The molecule has 4 rings (SSSR count). The molecule has 128 valence electrons. The molecule has 0 amide bonds. The van der Waals surface area contributed by atoms with Crippen LogP contribution in [-0.2, 0) is 11.2 Å². The Morgan fingerprint density at radius 1 is 1.16 bits per heavy atom. The van der Waals surface area contributed by atoms with E-state index in [4.69, 9.17) is 5.11 Å². The summed E-state index contributed by atoms with van der Waals surface area (Å²) in [5.41, 5.74) is 2.96. The monoisotopic (exact) mass is 345 g/mol. The van der Waals surface area contributed by atoms with E-state index in [1.54, 1.807) is 6.07 Å². The van der Waals surface area contributed by atoms with Gasteiger partial charge in [-0.25, -0.2) is 13.2 Å². The maximum atomic E-state index is 14.2. The molecule has 0 aliphatic heterocycles. The van der Waals surface area contributed by atoms with Gasteiger partial charge in [-0.05, 0) is 54.2 Å². The number of benzene rings is 2. The molecule has 0 fully saturated rings. The number of hydrogen-bond donors (Lipinski definition) is 2. The lowest BCUT2D eigenvalue weighted by Gasteiger charge is -2.25. The van der Waals surface area contributed by atoms with Crippen molar-refractivity contribution >= 4 is 16.9 Å². The van der Waals surface area contributed by atoms with Crippen LogP contribution in [0.4, 0.5) is 13.2 Å². The van der Waals surface area contributed by atoms with Crippen LogP contribution in [0.1, 0.15) is 29.9 Å². The average molecular weight is 345 g/mol. The van der Waals surface area contributed by atoms with Crippen LogP contribution in [0.3, 0.4) is 0 Å². The van der Waals surface area contributed by atoms with E-state index in [1.807, 2.05) is 0 Å². The summed E-state index contributed by atoms with van der Waals surface area (Å²) in [4.78, 5) is 14.0. The molecule has 6 heteroatoms. The van der Waals surface area contributed by atoms with Crippen molar-refractivity contribution in [3.63, 3.8) is 0 Å². The Morgan fingerprint density at radius 2 is 1.96 bits per heavy atom. The van der Waals surface area contributed by atoms with Crippen molar-refractivity contribution in [3.8, 4) is 11.3 Å². The summed E-state index contributed by atoms with van der Waals surface area (Å²) < 4.78 is 41.5. The molecule has 25 heavy (non-hydrogen) atoms. The first kappa shape index (κ1) is 15.7. The summed E-state index contributed by atoms with van der Waals surface area (Å²) in [5, 5.41) is 9.41. The second-order valence-electron chi connectivity index (χ2n) is 6.36. The molecule has 1 heterocycles. The third kappa shape index (κ3) is 2.58. The first-order chi connectivity index (χ1) is 11.9. The topological polar surface area (TPSA) is 53.1 Å². The third-order valence-corrected chi connectivity index (χ3v) is 4.78. The fourth-order valence-corrected chi connectivity index (χ4v) is 3.76. The van der Waals surface area contributed by atoms with Crippen LogP contribution in [0, 0.1) is 17.5 Å². The highest BCUT2D eigenvalue weighted by atomic mass is 19.1. The third-order valence-electron chi connectivity index (χ3n) is 4.78. The molecule has 1 unspecified atom stereocenters. The molecule has 1 aliphatic rings. The van der Waals surface area contributed by atoms with Gasteiger partial charge in [-0.2, -0.15) is 0 Å². The standard InChI is InChI=1S/C19H14F3NO2/c20-11-2-3-13-10(6-11)5-9(1-4-16(24)25)17-14-7-12(21)8-15(22)18(14)23-19(13)17/h2-3,6-9,23H,1,4-5H2,(H,24,25). The summed E-state index contributed by atoms with van der Waals surface area (Å²) in [7, 11) is 0. The smallest absolute Gasteiger partial charge is 0.303 e. The Morgan fingerprint density at radius 3 is 2.72 bits per heavy atom. The summed E-state index contributed by atoms with van der Waals surface area (Å²) in [6, 6.07) is 6.41. The van der Waals surface area contributed by atoms with E-state index < -0.39 is 17.6 Å². The molecule has 1 aromatic heterocycles. The van der Waals surface area contributed by atoms with Gasteiger partial charge in [0.05, 0.1) is 11.2 Å². The first-order valence-corrected chi connectivity index (χ1v) is 7.95. The van der Waals surface area contributed by atoms with E-state index in [1.165, 1.54) is 18.2 Å². The molecule has 2 aromatic carbocycles. The fraction of sp³-hybridized carbons (Fsp3) is 0.211. The normalized spacial score (nSPS) is 15.9. The number of rotatable bonds is 3. The Kier molecular flexibility index (Phi) is 3.56. The number of H-pyrrole nitrogens is 1. The van der Waals surface area contributed by atoms with Crippen LogP contribution in [0.2, 0.25) is 0 Å². The van der Waals surface area contributed by atoms with Gasteiger partial charge in [0.1, 0.15) is 17.5 Å². The number of aromatic amines is 1. The van der Waals surface area contributed by atoms with Crippen LogP contribution >= 0.6 is 0 Å². The van der Waals surface area contributed by atoms with E-state index in [-0.39, 0.29) is 23.7 Å². The lowest BCUT2D eigenvalue weighted by molar-refractivity contribution is -0.137. The quantitative estimate of drug-likeness (QED) is 0.719. The number of halogens is 3. The molecule has 3 nitrogen and oxygen atoms in total. The highest BCUT2D eigenvalue weighted by molar-refractivity contribution is 5.93. The molecule has 3 aromatic rings. The SMILES string of the molecule is O=C(O)CCC1Cc2cc(F)ccc2-c2[nH]c3c(F)cc(F)cc3c21. The Hall–Kier alpha value is -2.76. The van der Waals surface area contributed by atoms with Crippen molar-refractivity contribution in [3.05, 3.63) is 58.9 Å². The Labute approximate surface area is 141 Å². The zero-order valence-corrected chi connectivity index (χ0v) is 13.1. The number of carboxylic acid groups (broad SMARTS) is 1. The number of hydrogen-bond acceptors (Lipinski definition) is 1. The largest absolute Gasteiger partial charge is 0.481 e. The van der Waals surface area contributed by atoms with Gasteiger partial charge in [-0.15, -0.1) is 0 Å². The number of fused-ring (bicyclic) bond motifs is 5. The van der Waals surface area contributed by atoms with Crippen LogP contribution in [0.25, 0.3) is 22.2 Å². The Balaban J connectivity index is 1.97.